The minimum absolute atomic E-state index is 0.0352. The Kier molecular flexibility index (Phi) is 4.59. The van der Waals surface area contributed by atoms with Crippen LogP contribution in [0.4, 0.5) is 0 Å². The number of amides is 1. The first-order chi connectivity index (χ1) is 8.59. The molecule has 0 radical (unpaired) electrons. The Labute approximate surface area is 110 Å². The van der Waals surface area contributed by atoms with Crippen molar-refractivity contribution in [1.82, 2.24) is 20.0 Å². The van der Waals surface area contributed by atoms with Gasteiger partial charge in [-0.05, 0) is 27.4 Å². The van der Waals surface area contributed by atoms with Crippen LogP contribution in [0.25, 0.3) is 0 Å². The third-order valence-corrected chi connectivity index (χ3v) is 4.26. The Hall–Kier alpha value is -0.650. The molecule has 0 spiro atoms. The Morgan fingerprint density at radius 3 is 2.50 bits per heavy atom. The molecule has 5 heteroatoms. The monoisotopic (exact) mass is 254 g/mol. The predicted octanol–water partition coefficient (Wildman–Crippen LogP) is -0.557. The predicted molar refractivity (Wildman–Crippen MR) is 72.6 cm³/mol. The largest absolute Gasteiger partial charge is 0.340 e. The van der Waals surface area contributed by atoms with E-state index in [9.17, 15) is 4.79 Å². The minimum Gasteiger partial charge on any atom is -0.340 e. The average Bonchev–Trinajstić information content (AvgIpc) is 2.88. The summed E-state index contributed by atoms with van der Waals surface area (Å²) in [4.78, 5) is 19.0. The van der Waals surface area contributed by atoms with E-state index < -0.39 is 0 Å². The fourth-order valence-corrected chi connectivity index (χ4v) is 2.85. The van der Waals surface area contributed by atoms with E-state index in [4.69, 9.17) is 0 Å². The van der Waals surface area contributed by atoms with Gasteiger partial charge in [0.2, 0.25) is 5.91 Å². The van der Waals surface area contributed by atoms with Crippen LogP contribution in [0.3, 0.4) is 0 Å². The zero-order valence-corrected chi connectivity index (χ0v) is 11.9. The van der Waals surface area contributed by atoms with Gasteiger partial charge in [0.1, 0.15) is 0 Å². The number of carbonyl (C=O) groups is 1. The number of likely N-dealkylation sites (N-methyl/N-ethyl adjacent to an activating group) is 1. The van der Waals surface area contributed by atoms with Crippen molar-refractivity contribution >= 4 is 5.91 Å². The lowest BCUT2D eigenvalue weighted by Crippen LogP contribution is -2.53. The molecule has 0 saturated carbocycles. The lowest BCUT2D eigenvalue weighted by Gasteiger charge is -2.34. The second kappa shape index (κ2) is 5.99. The van der Waals surface area contributed by atoms with Gasteiger partial charge in [0.15, 0.2) is 0 Å². The van der Waals surface area contributed by atoms with Gasteiger partial charge in [0.25, 0.3) is 0 Å². The van der Waals surface area contributed by atoms with Crippen molar-refractivity contribution in [3.63, 3.8) is 0 Å². The summed E-state index contributed by atoms with van der Waals surface area (Å²) in [6, 6.07) is 0.567. The molecule has 2 unspecified atom stereocenters. The molecule has 0 aromatic carbocycles. The third kappa shape index (κ3) is 3.02. The van der Waals surface area contributed by atoms with Crippen molar-refractivity contribution in [1.29, 1.82) is 0 Å². The number of carbonyl (C=O) groups excluding carboxylic acids is 1. The van der Waals surface area contributed by atoms with Gasteiger partial charge in [-0.25, -0.2) is 0 Å². The zero-order chi connectivity index (χ0) is 13.1. The second-order valence-electron chi connectivity index (χ2n) is 5.65. The van der Waals surface area contributed by atoms with E-state index in [2.05, 4.69) is 36.1 Å². The Morgan fingerprint density at radius 1 is 1.28 bits per heavy atom. The molecule has 0 aliphatic carbocycles. The van der Waals surface area contributed by atoms with Gasteiger partial charge in [0, 0.05) is 45.3 Å². The van der Waals surface area contributed by atoms with Crippen LogP contribution in [0.2, 0.25) is 0 Å². The molecule has 2 heterocycles. The topological polar surface area (TPSA) is 38.8 Å². The lowest BCUT2D eigenvalue weighted by atomic mass is 10.2. The van der Waals surface area contributed by atoms with Crippen molar-refractivity contribution in [3.8, 4) is 0 Å². The number of hydrogen-bond donors (Lipinski definition) is 1. The summed E-state index contributed by atoms with van der Waals surface area (Å²) in [5.41, 5.74) is 0. The SMILES string of the molecule is CC(C(=O)N1CCC(N(C)C)C1)N1CCNCC1. The summed E-state index contributed by atoms with van der Waals surface area (Å²) in [7, 11) is 4.19. The summed E-state index contributed by atoms with van der Waals surface area (Å²) >= 11 is 0. The molecular formula is C13H26N4O. The number of nitrogens with one attached hydrogen (secondary N) is 1. The molecule has 104 valence electrons. The van der Waals surface area contributed by atoms with Gasteiger partial charge < -0.3 is 15.1 Å². The molecular weight excluding hydrogens is 228 g/mol. The van der Waals surface area contributed by atoms with E-state index in [1.807, 2.05) is 4.90 Å². The van der Waals surface area contributed by atoms with Crippen LogP contribution in [0.5, 0.6) is 0 Å². The fraction of sp³-hybridized carbons (Fsp3) is 0.923. The number of rotatable bonds is 3. The first-order valence-electron chi connectivity index (χ1n) is 6.99. The van der Waals surface area contributed by atoms with Crippen molar-refractivity contribution < 1.29 is 4.79 Å². The maximum absolute atomic E-state index is 12.5. The molecule has 2 aliphatic heterocycles. The van der Waals surface area contributed by atoms with E-state index in [1.54, 1.807) is 0 Å². The molecule has 1 N–H and O–H groups in total. The molecule has 2 atom stereocenters. The van der Waals surface area contributed by atoms with E-state index in [1.165, 1.54) is 0 Å². The third-order valence-electron chi connectivity index (χ3n) is 4.26. The van der Waals surface area contributed by atoms with Gasteiger partial charge in [-0.2, -0.15) is 0 Å². The highest BCUT2D eigenvalue weighted by Crippen LogP contribution is 2.16. The fourth-order valence-electron chi connectivity index (χ4n) is 2.85. The number of piperazine rings is 1. The Balaban J connectivity index is 1.87. The molecule has 1 amide bonds. The maximum Gasteiger partial charge on any atom is 0.239 e. The molecule has 2 aliphatic rings. The zero-order valence-electron chi connectivity index (χ0n) is 11.9. The summed E-state index contributed by atoms with van der Waals surface area (Å²) < 4.78 is 0. The van der Waals surface area contributed by atoms with E-state index in [0.717, 1.165) is 45.7 Å². The van der Waals surface area contributed by atoms with Crippen LogP contribution < -0.4 is 5.32 Å². The second-order valence-corrected chi connectivity index (χ2v) is 5.65. The van der Waals surface area contributed by atoms with Crippen LogP contribution in [-0.4, -0.2) is 86.1 Å². The van der Waals surface area contributed by atoms with Crippen molar-refractivity contribution in [2.45, 2.75) is 25.4 Å². The molecule has 0 aromatic rings. The highest BCUT2D eigenvalue weighted by atomic mass is 16.2. The smallest absolute Gasteiger partial charge is 0.239 e. The quantitative estimate of drug-likeness (QED) is 0.733. The first-order valence-corrected chi connectivity index (χ1v) is 6.99. The van der Waals surface area contributed by atoms with E-state index in [-0.39, 0.29) is 6.04 Å². The summed E-state index contributed by atoms with van der Waals surface area (Å²) in [6.45, 7) is 7.82. The van der Waals surface area contributed by atoms with Crippen LogP contribution in [0.1, 0.15) is 13.3 Å². The minimum atomic E-state index is 0.0352. The first kappa shape index (κ1) is 13.8. The Morgan fingerprint density at radius 2 is 1.94 bits per heavy atom. The average molecular weight is 254 g/mol. The maximum atomic E-state index is 12.5. The van der Waals surface area contributed by atoms with Gasteiger partial charge in [-0.1, -0.05) is 0 Å². The van der Waals surface area contributed by atoms with Crippen molar-refractivity contribution in [2.24, 2.45) is 0 Å². The molecule has 2 saturated heterocycles. The number of hydrogen-bond acceptors (Lipinski definition) is 4. The summed E-state index contributed by atoms with van der Waals surface area (Å²) in [6.07, 6.45) is 1.10. The van der Waals surface area contributed by atoms with Crippen LogP contribution in [0.15, 0.2) is 0 Å². The van der Waals surface area contributed by atoms with E-state index in [0.29, 0.717) is 11.9 Å². The van der Waals surface area contributed by atoms with Crippen molar-refractivity contribution in [3.05, 3.63) is 0 Å². The highest BCUT2D eigenvalue weighted by Gasteiger charge is 2.32. The molecule has 5 nitrogen and oxygen atoms in total. The number of nitrogens with zero attached hydrogens (tertiary/aromatic N) is 3. The Bertz CT molecular complexity index is 289. The van der Waals surface area contributed by atoms with Crippen LogP contribution in [-0.2, 0) is 4.79 Å². The van der Waals surface area contributed by atoms with Crippen molar-refractivity contribution in [2.75, 3.05) is 53.4 Å². The summed E-state index contributed by atoms with van der Waals surface area (Å²) in [5, 5.41) is 3.33. The van der Waals surface area contributed by atoms with Crippen LogP contribution in [0, 0.1) is 0 Å². The summed E-state index contributed by atoms with van der Waals surface area (Å²) in [5.74, 6) is 0.307. The molecule has 0 aromatic heterocycles. The van der Waals surface area contributed by atoms with Gasteiger partial charge in [0.05, 0.1) is 6.04 Å². The van der Waals surface area contributed by atoms with Gasteiger partial charge >= 0.3 is 0 Å². The normalized spacial score (nSPS) is 27.8. The number of likely N-dealkylation sites (tertiary alicyclic amines) is 1. The van der Waals surface area contributed by atoms with Crippen LogP contribution >= 0.6 is 0 Å². The van der Waals surface area contributed by atoms with Gasteiger partial charge in [-0.15, -0.1) is 0 Å². The molecule has 0 bridgehead atoms. The molecule has 2 rings (SSSR count). The standard InChI is InChI=1S/C13H26N4O/c1-11(16-8-5-14-6-9-16)13(18)17-7-4-12(10-17)15(2)3/h11-12,14H,4-10H2,1-3H3. The van der Waals surface area contributed by atoms with Gasteiger partial charge in [-0.3, -0.25) is 9.69 Å². The highest BCUT2D eigenvalue weighted by molar-refractivity contribution is 5.81. The molecule has 18 heavy (non-hydrogen) atoms. The lowest BCUT2D eigenvalue weighted by molar-refractivity contribution is -0.135. The van der Waals surface area contributed by atoms with E-state index >= 15 is 0 Å². The molecule has 2 fully saturated rings.